The standard InChI is InChI=1S/C18H16F7NO5S/c1-29-12-2-4-15(5-3-12)32(27,28)26-11-6-13(30-9-17(21,22)16(19)20)8-14(7-11)31-10-18(23,24)25/h2-8,16,26H,9-10H2,1H3. The first-order chi connectivity index (χ1) is 14.7. The van der Waals surface area contributed by atoms with Gasteiger partial charge in [0.1, 0.15) is 17.2 Å². The first-order valence-electron chi connectivity index (χ1n) is 8.52. The van der Waals surface area contributed by atoms with E-state index >= 15 is 0 Å². The van der Waals surface area contributed by atoms with Gasteiger partial charge in [-0.3, -0.25) is 4.72 Å². The number of alkyl halides is 7. The lowest BCUT2D eigenvalue weighted by molar-refractivity contribution is -0.153. The monoisotopic (exact) mass is 491 g/mol. The van der Waals surface area contributed by atoms with Gasteiger partial charge in [-0.1, -0.05) is 0 Å². The van der Waals surface area contributed by atoms with E-state index in [0.29, 0.717) is 5.75 Å². The lowest BCUT2D eigenvalue weighted by Gasteiger charge is -2.18. The SMILES string of the molecule is COc1ccc(S(=O)(=O)Nc2cc(OCC(F)(F)F)cc(OCC(F)(F)C(F)F)c2)cc1. The van der Waals surface area contributed by atoms with Crippen molar-refractivity contribution in [1.82, 2.24) is 0 Å². The topological polar surface area (TPSA) is 73.9 Å². The fraction of sp³-hybridized carbons (Fsp3) is 0.333. The third-order valence-electron chi connectivity index (χ3n) is 3.66. The second-order valence-corrected chi connectivity index (χ2v) is 7.91. The summed E-state index contributed by atoms with van der Waals surface area (Å²) in [5.74, 6) is -5.43. The molecule has 2 aromatic carbocycles. The third-order valence-corrected chi connectivity index (χ3v) is 5.05. The lowest BCUT2D eigenvalue weighted by atomic mass is 10.3. The molecule has 178 valence electrons. The van der Waals surface area contributed by atoms with Gasteiger partial charge in [-0.2, -0.15) is 22.0 Å². The van der Waals surface area contributed by atoms with E-state index in [-0.39, 0.29) is 4.90 Å². The summed E-state index contributed by atoms with van der Waals surface area (Å²) in [4.78, 5) is -0.258. The predicted octanol–water partition coefficient (Wildman–Crippen LogP) is 4.72. The van der Waals surface area contributed by atoms with Gasteiger partial charge >= 0.3 is 18.5 Å². The molecule has 2 rings (SSSR count). The Hall–Kier alpha value is -2.90. The molecule has 14 heteroatoms. The molecule has 0 fully saturated rings. The van der Waals surface area contributed by atoms with E-state index in [4.69, 9.17) is 4.74 Å². The third kappa shape index (κ3) is 7.35. The Morgan fingerprint density at radius 3 is 1.88 bits per heavy atom. The van der Waals surface area contributed by atoms with Crippen LogP contribution in [0.25, 0.3) is 0 Å². The predicted molar refractivity (Wildman–Crippen MR) is 98.2 cm³/mol. The minimum Gasteiger partial charge on any atom is -0.497 e. The summed E-state index contributed by atoms with van der Waals surface area (Å²) in [5, 5.41) is 0. The van der Waals surface area contributed by atoms with E-state index in [0.717, 1.165) is 18.2 Å². The minimum absolute atomic E-state index is 0.258. The first-order valence-corrected chi connectivity index (χ1v) is 10.0. The molecule has 32 heavy (non-hydrogen) atoms. The van der Waals surface area contributed by atoms with Crippen LogP contribution in [0.4, 0.5) is 36.4 Å². The van der Waals surface area contributed by atoms with Gasteiger partial charge in [0, 0.05) is 18.2 Å². The van der Waals surface area contributed by atoms with Crippen molar-refractivity contribution in [2.45, 2.75) is 23.4 Å². The summed E-state index contributed by atoms with van der Waals surface area (Å²) >= 11 is 0. The van der Waals surface area contributed by atoms with Crippen molar-refractivity contribution < 1.29 is 53.4 Å². The number of rotatable bonds is 10. The second-order valence-electron chi connectivity index (χ2n) is 6.23. The van der Waals surface area contributed by atoms with E-state index in [9.17, 15) is 39.2 Å². The van der Waals surface area contributed by atoms with Crippen molar-refractivity contribution in [1.29, 1.82) is 0 Å². The van der Waals surface area contributed by atoms with Gasteiger partial charge in [-0.05, 0) is 24.3 Å². The zero-order valence-corrected chi connectivity index (χ0v) is 16.9. The van der Waals surface area contributed by atoms with Gasteiger partial charge in [-0.15, -0.1) is 0 Å². The molecule has 0 atom stereocenters. The van der Waals surface area contributed by atoms with E-state index in [2.05, 4.69) is 9.47 Å². The Kier molecular flexibility index (Phi) is 7.70. The Bertz CT molecular complexity index is 1010. The van der Waals surface area contributed by atoms with Crippen molar-refractivity contribution >= 4 is 15.7 Å². The van der Waals surface area contributed by atoms with E-state index < -0.39 is 58.9 Å². The molecule has 0 saturated carbocycles. The number of nitrogens with one attached hydrogen (secondary N) is 1. The molecule has 0 aliphatic heterocycles. The summed E-state index contributed by atoms with van der Waals surface area (Å²) < 4.78 is 129. The average molecular weight is 491 g/mol. The highest BCUT2D eigenvalue weighted by molar-refractivity contribution is 7.92. The highest BCUT2D eigenvalue weighted by atomic mass is 32.2. The quantitative estimate of drug-likeness (QED) is 0.487. The van der Waals surface area contributed by atoms with Gasteiger partial charge in [0.2, 0.25) is 0 Å². The van der Waals surface area contributed by atoms with Crippen molar-refractivity contribution in [2.24, 2.45) is 0 Å². The molecule has 0 heterocycles. The second kappa shape index (κ2) is 9.71. The van der Waals surface area contributed by atoms with Crippen molar-refractivity contribution in [2.75, 3.05) is 25.0 Å². The number of hydrogen-bond acceptors (Lipinski definition) is 5. The molecule has 0 bridgehead atoms. The van der Waals surface area contributed by atoms with E-state index in [1.165, 1.54) is 31.4 Å². The van der Waals surface area contributed by atoms with Gasteiger partial charge in [0.05, 0.1) is 17.7 Å². The maximum Gasteiger partial charge on any atom is 0.422 e. The molecule has 1 N–H and O–H groups in total. The van der Waals surface area contributed by atoms with Crippen LogP contribution in [0.5, 0.6) is 17.2 Å². The number of sulfonamides is 1. The van der Waals surface area contributed by atoms with E-state index in [1.807, 2.05) is 4.72 Å². The first kappa shape index (κ1) is 25.4. The van der Waals surface area contributed by atoms with Gasteiger partial charge in [-0.25, -0.2) is 17.2 Å². The van der Waals surface area contributed by atoms with Crippen LogP contribution in [0.3, 0.4) is 0 Å². The maximum absolute atomic E-state index is 13.1. The van der Waals surface area contributed by atoms with Crippen LogP contribution < -0.4 is 18.9 Å². The number of hydrogen-bond donors (Lipinski definition) is 1. The summed E-state index contributed by atoms with van der Waals surface area (Å²) in [6, 6.07) is 7.39. The zero-order valence-electron chi connectivity index (χ0n) is 16.1. The van der Waals surface area contributed by atoms with Gasteiger partial charge < -0.3 is 14.2 Å². The summed E-state index contributed by atoms with van der Waals surface area (Å²) in [5.41, 5.74) is -0.421. The van der Waals surface area contributed by atoms with Crippen molar-refractivity contribution in [3.63, 3.8) is 0 Å². The Morgan fingerprint density at radius 2 is 1.41 bits per heavy atom. The number of methoxy groups -OCH3 is 1. The van der Waals surface area contributed by atoms with Crippen LogP contribution in [0.1, 0.15) is 0 Å². The number of anilines is 1. The zero-order chi connectivity index (χ0) is 24.2. The molecule has 0 spiro atoms. The molecule has 0 aliphatic rings. The van der Waals surface area contributed by atoms with Gasteiger partial charge in [0.15, 0.2) is 13.2 Å². The Balaban J connectivity index is 2.32. The molecular formula is C18H16F7NO5S. The molecule has 0 aromatic heterocycles. The molecule has 0 aliphatic carbocycles. The molecule has 2 aromatic rings. The summed E-state index contributed by atoms with van der Waals surface area (Å²) in [7, 11) is -2.92. The summed E-state index contributed by atoms with van der Waals surface area (Å²) in [6.07, 6.45) is -8.82. The largest absolute Gasteiger partial charge is 0.497 e. The fourth-order valence-electron chi connectivity index (χ4n) is 2.17. The van der Waals surface area contributed by atoms with Crippen molar-refractivity contribution in [3.8, 4) is 17.2 Å². The number of benzene rings is 2. The lowest BCUT2D eigenvalue weighted by Crippen LogP contribution is -2.33. The Morgan fingerprint density at radius 1 is 0.875 bits per heavy atom. The van der Waals surface area contributed by atoms with Crippen LogP contribution in [0.2, 0.25) is 0 Å². The fourth-order valence-corrected chi connectivity index (χ4v) is 3.21. The molecule has 0 amide bonds. The summed E-state index contributed by atoms with van der Waals surface area (Å²) in [6.45, 7) is -3.59. The molecule has 0 radical (unpaired) electrons. The van der Waals surface area contributed by atoms with Crippen molar-refractivity contribution in [3.05, 3.63) is 42.5 Å². The normalized spacial score (nSPS) is 12.5. The number of halogens is 7. The van der Waals surface area contributed by atoms with E-state index in [1.54, 1.807) is 0 Å². The molecule has 6 nitrogen and oxygen atoms in total. The highest BCUT2D eigenvalue weighted by Gasteiger charge is 2.41. The van der Waals surface area contributed by atoms with Gasteiger partial charge in [0.25, 0.3) is 10.0 Å². The highest BCUT2D eigenvalue weighted by Crippen LogP contribution is 2.31. The van der Waals surface area contributed by atoms with Crippen LogP contribution >= 0.6 is 0 Å². The minimum atomic E-state index is -4.76. The van der Waals surface area contributed by atoms with Crippen LogP contribution in [-0.2, 0) is 10.0 Å². The van der Waals surface area contributed by atoms with Crippen LogP contribution in [0, 0.1) is 0 Å². The maximum atomic E-state index is 13.1. The van der Waals surface area contributed by atoms with Crippen LogP contribution in [0.15, 0.2) is 47.4 Å². The molecule has 0 saturated heterocycles. The molecular weight excluding hydrogens is 475 g/mol. The molecule has 0 unspecified atom stereocenters. The Labute approximate surface area is 177 Å². The van der Waals surface area contributed by atoms with Crippen LogP contribution in [-0.4, -0.2) is 47.3 Å². The number of ether oxygens (including phenoxy) is 3. The average Bonchev–Trinajstić information content (AvgIpc) is 2.70. The smallest absolute Gasteiger partial charge is 0.422 e.